The minimum atomic E-state index is -3.17. The number of aromatic nitrogens is 4. The zero-order chi connectivity index (χ0) is 29.1. The van der Waals surface area contributed by atoms with E-state index in [1.165, 1.54) is 0 Å². The number of hydrogen-bond donors (Lipinski definition) is 3. The Morgan fingerprint density at radius 2 is 2.10 bits per heavy atom. The van der Waals surface area contributed by atoms with Gasteiger partial charge in [-0.05, 0) is 49.3 Å². The Labute approximate surface area is 240 Å². The molecule has 3 heterocycles. The van der Waals surface area contributed by atoms with Crippen LogP contribution in [0.4, 0.5) is 9.80 Å². The van der Waals surface area contributed by atoms with Crippen LogP contribution in [0, 0.1) is 5.92 Å². The fraction of sp³-hybridized carbons (Fsp3) is 0.433. The van der Waals surface area contributed by atoms with E-state index in [1.807, 2.05) is 55.6 Å². The van der Waals surface area contributed by atoms with Gasteiger partial charge < -0.3 is 29.0 Å². The highest BCUT2D eigenvalue weighted by Gasteiger charge is 2.47. The number of aliphatic hydroxyl groups excluding tert-OH is 1. The Morgan fingerprint density at radius 1 is 1.29 bits per heavy atom. The molecule has 2 aromatic carbocycles. The standard InChI is InChI=1S/C30H38FN5O4Si/c1-19-29(39-2)24-16-21(33-28(38)15-20-17-32-25-8-6-5-7-23(20)25)9-10-26(24)40-30(19)27(41(3,4)31)11-13-36-18-22(12-14-37)34-35-36/h5-10,16-19,27,29-30,32,37H,11-15H2,1-4H3,(H,33,38)/t19-,27?,29-,30-/m0/s1. The SMILES string of the molecule is CO[C@@H]1c2cc(NC(=O)Cc3c[nH]c4ccccc34)ccc2O[C@H](C(CCn2cc(CCO)nn2)[Si](C)(C)F)[C@H]1C. The van der Waals surface area contributed by atoms with Gasteiger partial charge in [-0.25, -0.2) is 0 Å². The summed E-state index contributed by atoms with van der Waals surface area (Å²) in [6.45, 7) is 5.98. The van der Waals surface area contributed by atoms with Crippen molar-refractivity contribution in [2.24, 2.45) is 5.92 Å². The molecule has 1 aliphatic heterocycles. The summed E-state index contributed by atoms with van der Waals surface area (Å²) in [4.78, 5) is 16.1. The Kier molecular flexibility index (Phi) is 8.57. The number of nitrogens with one attached hydrogen (secondary N) is 2. The van der Waals surface area contributed by atoms with Gasteiger partial charge in [-0.3, -0.25) is 9.48 Å². The molecule has 3 N–H and O–H groups in total. The van der Waals surface area contributed by atoms with Gasteiger partial charge in [0.25, 0.3) is 0 Å². The first-order valence-electron chi connectivity index (χ1n) is 14.0. The van der Waals surface area contributed by atoms with E-state index < -0.39 is 8.41 Å². The number of fused-ring (bicyclic) bond motifs is 2. The van der Waals surface area contributed by atoms with E-state index in [9.17, 15) is 4.79 Å². The highest BCUT2D eigenvalue weighted by Crippen LogP contribution is 2.48. The van der Waals surface area contributed by atoms with E-state index >= 15 is 4.11 Å². The second-order valence-electron chi connectivity index (χ2n) is 11.3. The molecule has 9 nitrogen and oxygen atoms in total. The predicted molar refractivity (Wildman–Crippen MR) is 158 cm³/mol. The van der Waals surface area contributed by atoms with Gasteiger partial charge in [-0.2, -0.15) is 0 Å². The number of rotatable bonds is 11. The number of aryl methyl sites for hydroxylation is 1. The van der Waals surface area contributed by atoms with Crippen LogP contribution in [0.3, 0.4) is 0 Å². The van der Waals surface area contributed by atoms with Gasteiger partial charge in [0.1, 0.15) is 11.9 Å². The lowest BCUT2D eigenvalue weighted by Crippen LogP contribution is -2.46. The van der Waals surface area contributed by atoms with Crippen molar-refractivity contribution >= 4 is 30.9 Å². The van der Waals surface area contributed by atoms with Crippen LogP contribution < -0.4 is 10.1 Å². The number of carbonyl (C=O) groups is 1. The average molecular weight is 580 g/mol. The maximum absolute atomic E-state index is 15.8. The second-order valence-corrected chi connectivity index (χ2v) is 15.2. The Balaban J connectivity index is 1.31. The van der Waals surface area contributed by atoms with Crippen LogP contribution in [0.15, 0.2) is 54.9 Å². The molecule has 0 radical (unpaired) electrons. The van der Waals surface area contributed by atoms with Crippen LogP contribution in [0.5, 0.6) is 5.75 Å². The normalized spacial score (nSPS) is 19.5. The third kappa shape index (κ3) is 6.37. The number of benzene rings is 2. The van der Waals surface area contributed by atoms with Crippen LogP contribution in [0.25, 0.3) is 10.9 Å². The summed E-state index contributed by atoms with van der Waals surface area (Å²) >= 11 is 0. The Bertz CT molecular complexity index is 1500. The van der Waals surface area contributed by atoms with Crippen LogP contribution in [0.1, 0.15) is 36.3 Å². The van der Waals surface area contributed by atoms with Gasteiger partial charge in [0.15, 0.2) is 0 Å². The summed E-state index contributed by atoms with van der Waals surface area (Å²) in [6.07, 6.45) is 4.18. The number of methoxy groups -OCH3 is 1. The van der Waals surface area contributed by atoms with Crippen molar-refractivity contribution in [3.63, 3.8) is 0 Å². The molecule has 0 fully saturated rings. The Hall–Kier alpha value is -3.54. The van der Waals surface area contributed by atoms with Crippen molar-refractivity contribution in [1.29, 1.82) is 0 Å². The maximum Gasteiger partial charge on any atom is 0.247 e. The number of ether oxygens (including phenoxy) is 2. The zero-order valence-corrected chi connectivity index (χ0v) is 24.9. The minimum Gasteiger partial charge on any atom is -0.490 e. The molecule has 1 aliphatic rings. The molecule has 4 aromatic rings. The lowest BCUT2D eigenvalue weighted by molar-refractivity contribution is -0.115. The zero-order valence-electron chi connectivity index (χ0n) is 23.9. The number of amides is 1. The first-order valence-corrected chi connectivity index (χ1v) is 17.0. The van der Waals surface area contributed by atoms with Crippen molar-refractivity contribution < 1.29 is 23.5 Å². The van der Waals surface area contributed by atoms with Gasteiger partial charge in [0.2, 0.25) is 14.3 Å². The number of halogens is 1. The summed E-state index contributed by atoms with van der Waals surface area (Å²) in [7, 11) is -1.51. The minimum absolute atomic E-state index is 0.00642. The van der Waals surface area contributed by atoms with E-state index in [-0.39, 0.29) is 42.6 Å². The first-order chi connectivity index (χ1) is 19.7. The summed E-state index contributed by atoms with van der Waals surface area (Å²) in [5.74, 6) is 0.397. The number of aliphatic hydroxyl groups is 1. The first kappa shape index (κ1) is 29.0. The largest absolute Gasteiger partial charge is 0.490 e. The monoisotopic (exact) mass is 579 g/mol. The van der Waals surface area contributed by atoms with E-state index in [1.54, 1.807) is 31.1 Å². The number of carbonyl (C=O) groups excluding carboxylic acids is 1. The summed E-state index contributed by atoms with van der Waals surface area (Å²) in [5, 5.41) is 21.4. The topological polar surface area (TPSA) is 114 Å². The van der Waals surface area contributed by atoms with Crippen LogP contribution >= 0.6 is 0 Å². The van der Waals surface area contributed by atoms with E-state index in [0.29, 0.717) is 36.5 Å². The van der Waals surface area contributed by atoms with Gasteiger partial charge >= 0.3 is 0 Å². The lowest BCUT2D eigenvalue weighted by Gasteiger charge is -2.43. The highest BCUT2D eigenvalue weighted by molar-refractivity contribution is 6.72. The fourth-order valence-corrected chi connectivity index (χ4v) is 7.93. The molecule has 0 spiro atoms. The molecule has 2 aromatic heterocycles. The van der Waals surface area contributed by atoms with Crippen molar-refractivity contribution in [3.8, 4) is 5.75 Å². The summed E-state index contributed by atoms with van der Waals surface area (Å²) in [5.41, 5.74) is 3.82. The molecule has 0 aliphatic carbocycles. The number of hydrogen-bond acceptors (Lipinski definition) is 6. The number of nitrogens with zero attached hydrogens (tertiary/aromatic N) is 3. The third-order valence-corrected chi connectivity index (χ3v) is 10.4. The summed E-state index contributed by atoms with van der Waals surface area (Å²) in [6, 6.07) is 13.5. The van der Waals surface area contributed by atoms with Crippen LogP contribution in [-0.4, -0.2) is 59.2 Å². The van der Waals surface area contributed by atoms with E-state index in [2.05, 4.69) is 20.6 Å². The molecular weight excluding hydrogens is 541 g/mol. The third-order valence-electron chi connectivity index (χ3n) is 8.04. The second kappa shape index (κ2) is 12.1. The maximum atomic E-state index is 15.8. The molecule has 4 atom stereocenters. The van der Waals surface area contributed by atoms with Gasteiger partial charge in [0.05, 0.1) is 18.2 Å². The van der Waals surface area contributed by atoms with Gasteiger partial charge in [-0.1, -0.05) is 30.3 Å². The molecule has 41 heavy (non-hydrogen) atoms. The molecule has 0 saturated carbocycles. The van der Waals surface area contributed by atoms with Crippen molar-refractivity contribution in [2.45, 2.75) is 63.6 Å². The highest BCUT2D eigenvalue weighted by atomic mass is 28.4. The number of H-pyrrole nitrogens is 1. The Morgan fingerprint density at radius 3 is 2.85 bits per heavy atom. The molecule has 0 saturated heterocycles. The fourth-order valence-electron chi connectivity index (χ4n) is 5.96. The smallest absolute Gasteiger partial charge is 0.247 e. The van der Waals surface area contributed by atoms with Gasteiger partial charge in [-0.15, -0.1) is 5.10 Å². The summed E-state index contributed by atoms with van der Waals surface area (Å²) < 4.78 is 30.0. The molecule has 218 valence electrons. The van der Waals surface area contributed by atoms with Crippen LogP contribution in [-0.2, 0) is 28.9 Å². The van der Waals surface area contributed by atoms with Crippen molar-refractivity contribution in [3.05, 3.63) is 71.7 Å². The molecule has 1 unspecified atom stereocenters. The molecular formula is C30H38FN5O4Si. The molecule has 11 heteroatoms. The van der Waals surface area contributed by atoms with Crippen molar-refractivity contribution in [2.75, 3.05) is 19.0 Å². The lowest BCUT2D eigenvalue weighted by atomic mass is 9.86. The quantitative estimate of drug-likeness (QED) is 0.166. The molecule has 1 amide bonds. The molecule has 5 rings (SSSR count). The van der Waals surface area contributed by atoms with Crippen LogP contribution in [0.2, 0.25) is 18.6 Å². The van der Waals surface area contributed by atoms with Gasteiger partial charge in [0, 0.05) is 72.7 Å². The van der Waals surface area contributed by atoms with Crippen molar-refractivity contribution in [1.82, 2.24) is 20.0 Å². The van der Waals surface area contributed by atoms with E-state index in [4.69, 9.17) is 14.6 Å². The number of anilines is 1. The van der Waals surface area contributed by atoms with E-state index in [0.717, 1.165) is 22.0 Å². The average Bonchev–Trinajstić information content (AvgIpc) is 3.55. The predicted octanol–water partition coefficient (Wildman–Crippen LogP) is 5.20. The number of para-hydroxylation sites is 1. The molecule has 0 bridgehead atoms. The number of aromatic amines is 1.